The number of halogens is 2. The molecule has 0 aliphatic heterocycles. The Morgan fingerprint density at radius 1 is 1.24 bits per heavy atom. The van der Waals surface area contributed by atoms with Crippen molar-refractivity contribution in [3.05, 3.63) is 40.8 Å². The molecule has 2 aromatic rings. The molecule has 0 bridgehead atoms. The van der Waals surface area contributed by atoms with Crippen LogP contribution in [-0.2, 0) is 0 Å². The highest BCUT2D eigenvalue weighted by molar-refractivity contribution is 6.32. The van der Waals surface area contributed by atoms with Crippen LogP contribution in [0.5, 0.6) is 5.75 Å². The van der Waals surface area contributed by atoms with Gasteiger partial charge in [0.2, 0.25) is 5.28 Å². The lowest BCUT2D eigenvalue weighted by molar-refractivity contribution is 0.340. The van der Waals surface area contributed by atoms with Crippen molar-refractivity contribution < 1.29 is 4.74 Å². The van der Waals surface area contributed by atoms with E-state index in [1.807, 2.05) is 19.1 Å². The van der Waals surface area contributed by atoms with Gasteiger partial charge in [0, 0.05) is 11.8 Å². The van der Waals surface area contributed by atoms with Crippen LogP contribution >= 0.6 is 23.2 Å². The van der Waals surface area contributed by atoms with E-state index < -0.39 is 0 Å². The van der Waals surface area contributed by atoms with E-state index in [-0.39, 0.29) is 5.28 Å². The van der Waals surface area contributed by atoms with Crippen molar-refractivity contribution in [2.45, 2.75) is 6.92 Å². The van der Waals surface area contributed by atoms with E-state index in [4.69, 9.17) is 27.9 Å². The molecule has 0 fully saturated rings. The maximum atomic E-state index is 6.10. The zero-order valence-electron chi connectivity index (χ0n) is 9.15. The largest absolute Gasteiger partial charge is 0.492 e. The number of hydrogen-bond acceptors (Lipinski definition) is 3. The van der Waals surface area contributed by atoms with Crippen molar-refractivity contribution in [2.75, 3.05) is 6.61 Å². The third-order valence-electron chi connectivity index (χ3n) is 2.15. The van der Waals surface area contributed by atoms with Gasteiger partial charge in [-0.25, -0.2) is 9.97 Å². The first-order valence-corrected chi connectivity index (χ1v) is 5.87. The van der Waals surface area contributed by atoms with Gasteiger partial charge in [0.05, 0.1) is 17.3 Å². The number of rotatable bonds is 3. The Morgan fingerprint density at radius 3 is 2.71 bits per heavy atom. The molecule has 0 spiro atoms. The number of aromatic nitrogens is 2. The maximum Gasteiger partial charge on any atom is 0.222 e. The van der Waals surface area contributed by atoms with Gasteiger partial charge in [-0.15, -0.1) is 0 Å². The second-order valence-corrected chi connectivity index (χ2v) is 4.03. The normalized spacial score (nSPS) is 10.3. The minimum absolute atomic E-state index is 0.215. The first kappa shape index (κ1) is 12.1. The second kappa shape index (κ2) is 5.34. The highest BCUT2D eigenvalue weighted by atomic mass is 35.5. The van der Waals surface area contributed by atoms with E-state index in [2.05, 4.69) is 9.97 Å². The number of benzene rings is 1. The number of hydrogen-bond donors (Lipinski definition) is 0. The predicted molar refractivity (Wildman–Crippen MR) is 68.7 cm³/mol. The molecule has 1 aromatic carbocycles. The summed E-state index contributed by atoms with van der Waals surface area (Å²) in [5.41, 5.74) is 1.61. The van der Waals surface area contributed by atoms with Crippen molar-refractivity contribution in [3.63, 3.8) is 0 Å². The van der Waals surface area contributed by atoms with Gasteiger partial charge in [-0.3, -0.25) is 0 Å². The summed E-state index contributed by atoms with van der Waals surface area (Å²) in [5, 5.41) is 0.770. The first-order chi connectivity index (χ1) is 8.20. The third kappa shape index (κ3) is 2.87. The predicted octanol–water partition coefficient (Wildman–Crippen LogP) is 3.85. The molecule has 5 heteroatoms. The summed E-state index contributed by atoms with van der Waals surface area (Å²) in [6, 6.07) is 7.27. The molecule has 0 aliphatic rings. The Balaban J connectivity index is 2.37. The smallest absolute Gasteiger partial charge is 0.222 e. The van der Waals surface area contributed by atoms with Crippen molar-refractivity contribution in [1.29, 1.82) is 0 Å². The molecule has 0 saturated carbocycles. The highest BCUT2D eigenvalue weighted by Crippen LogP contribution is 2.29. The molecule has 0 amide bonds. The molecule has 1 heterocycles. The quantitative estimate of drug-likeness (QED) is 0.794. The molecule has 0 atom stereocenters. The lowest BCUT2D eigenvalue weighted by Crippen LogP contribution is -1.93. The van der Waals surface area contributed by atoms with E-state index in [9.17, 15) is 0 Å². The van der Waals surface area contributed by atoms with Crippen LogP contribution in [0.15, 0.2) is 30.5 Å². The number of nitrogens with zero attached hydrogens (tertiary/aromatic N) is 2. The molecule has 2 rings (SSSR count). The average Bonchev–Trinajstić information content (AvgIpc) is 2.32. The zero-order chi connectivity index (χ0) is 12.3. The Morgan fingerprint density at radius 2 is 2.06 bits per heavy atom. The standard InChI is InChI=1S/C12H10Cl2N2O/c1-2-17-11-4-3-8(7-9(11)13)10-5-6-15-12(14)16-10/h3-7H,2H2,1H3. The van der Waals surface area contributed by atoms with Crippen LogP contribution in [0.3, 0.4) is 0 Å². The van der Waals surface area contributed by atoms with Gasteiger partial charge in [0.1, 0.15) is 5.75 Å². The summed E-state index contributed by atoms with van der Waals surface area (Å²) in [5.74, 6) is 0.665. The van der Waals surface area contributed by atoms with Crippen molar-refractivity contribution in [2.24, 2.45) is 0 Å². The zero-order valence-corrected chi connectivity index (χ0v) is 10.7. The Kier molecular flexibility index (Phi) is 3.82. The van der Waals surface area contributed by atoms with E-state index in [0.29, 0.717) is 17.4 Å². The first-order valence-electron chi connectivity index (χ1n) is 5.12. The van der Waals surface area contributed by atoms with Crippen LogP contribution in [0.25, 0.3) is 11.3 Å². The molecule has 88 valence electrons. The minimum Gasteiger partial charge on any atom is -0.492 e. The minimum atomic E-state index is 0.215. The molecule has 1 aromatic heterocycles. The van der Waals surface area contributed by atoms with Crippen molar-refractivity contribution in [3.8, 4) is 17.0 Å². The summed E-state index contributed by atoms with van der Waals surface area (Å²) < 4.78 is 5.36. The fourth-order valence-corrected chi connectivity index (χ4v) is 1.81. The molecular weight excluding hydrogens is 259 g/mol. The van der Waals surface area contributed by atoms with Gasteiger partial charge >= 0.3 is 0 Å². The van der Waals surface area contributed by atoms with Crippen LogP contribution in [0.2, 0.25) is 10.3 Å². The molecule has 0 aliphatic carbocycles. The van der Waals surface area contributed by atoms with Gasteiger partial charge in [0.15, 0.2) is 0 Å². The lowest BCUT2D eigenvalue weighted by Gasteiger charge is -2.07. The maximum absolute atomic E-state index is 6.10. The molecule has 0 saturated heterocycles. The average molecular weight is 269 g/mol. The van der Waals surface area contributed by atoms with Gasteiger partial charge in [-0.05, 0) is 42.8 Å². The third-order valence-corrected chi connectivity index (χ3v) is 2.63. The summed E-state index contributed by atoms with van der Waals surface area (Å²) in [7, 11) is 0. The molecule has 0 radical (unpaired) electrons. The van der Waals surface area contributed by atoms with Crippen LogP contribution < -0.4 is 4.74 Å². The molecule has 17 heavy (non-hydrogen) atoms. The summed E-state index contributed by atoms with van der Waals surface area (Å²) >= 11 is 11.8. The van der Waals surface area contributed by atoms with E-state index in [1.165, 1.54) is 0 Å². The van der Waals surface area contributed by atoms with Crippen LogP contribution in [0.4, 0.5) is 0 Å². The Hall–Kier alpha value is -1.32. The highest BCUT2D eigenvalue weighted by Gasteiger charge is 2.06. The van der Waals surface area contributed by atoms with Gasteiger partial charge in [-0.2, -0.15) is 0 Å². The summed E-state index contributed by atoms with van der Waals surface area (Å²) in [6.45, 7) is 2.49. The topological polar surface area (TPSA) is 35.0 Å². The SMILES string of the molecule is CCOc1ccc(-c2ccnc(Cl)n2)cc1Cl. The lowest BCUT2D eigenvalue weighted by atomic mass is 10.1. The van der Waals surface area contributed by atoms with Crippen molar-refractivity contribution >= 4 is 23.2 Å². The van der Waals surface area contributed by atoms with Crippen molar-refractivity contribution in [1.82, 2.24) is 9.97 Å². The Labute approximate surface area is 109 Å². The van der Waals surface area contributed by atoms with Crippen LogP contribution in [0.1, 0.15) is 6.92 Å². The fraction of sp³-hybridized carbons (Fsp3) is 0.167. The van der Waals surface area contributed by atoms with Crippen LogP contribution in [-0.4, -0.2) is 16.6 Å². The van der Waals surface area contributed by atoms with E-state index >= 15 is 0 Å². The molecule has 0 unspecified atom stereocenters. The monoisotopic (exact) mass is 268 g/mol. The second-order valence-electron chi connectivity index (χ2n) is 3.29. The van der Waals surface area contributed by atoms with Gasteiger partial charge in [0.25, 0.3) is 0 Å². The van der Waals surface area contributed by atoms with Gasteiger partial charge < -0.3 is 4.74 Å². The molecule has 3 nitrogen and oxygen atoms in total. The Bertz CT molecular complexity index is 532. The van der Waals surface area contributed by atoms with E-state index in [0.717, 1.165) is 11.3 Å². The summed E-state index contributed by atoms with van der Waals surface area (Å²) in [4.78, 5) is 7.95. The molecule has 0 N–H and O–H groups in total. The van der Waals surface area contributed by atoms with Gasteiger partial charge in [-0.1, -0.05) is 11.6 Å². The van der Waals surface area contributed by atoms with E-state index in [1.54, 1.807) is 18.3 Å². The number of ether oxygens (including phenoxy) is 1. The summed E-state index contributed by atoms with van der Waals surface area (Å²) in [6.07, 6.45) is 1.61. The van der Waals surface area contributed by atoms with Crippen LogP contribution in [0, 0.1) is 0 Å². The molecular formula is C12H10Cl2N2O. The fourth-order valence-electron chi connectivity index (χ4n) is 1.43.